The minimum atomic E-state index is 0.398. The van der Waals surface area contributed by atoms with Crippen molar-refractivity contribution in [2.75, 3.05) is 5.33 Å². The Hall–Kier alpha value is -0.310. The predicted molar refractivity (Wildman–Crippen MR) is 82.3 cm³/mol. The molecule has 0 saturated carbocycles. The zero-order valence-electron chi connectivity index (χ0n) is 12.3. The first-order chi connectivity index (χ1) is 8.60. The van der Waals surface area contributed by atoms with Crippen molar-refractivity contribution in [3.63, 3.8) is 0 Å². The standard InChI is InChI=1S/C15H27BrN2/c1-5-8-9-15(7-3,12-16)11-14-10-13(6-2)17-18(14)4/h10H,5-9,11-12H2,1-4H3. The number of aromatic nitrogens is 2. The molecule has 0 fully saturated rings. The first-order valence-corrected chi connectivity index (χ1v) is 8.30. The lowest BCUT2D eigenvalue weighted by Gasteiger charge is -2.31. The Morgan fingerprint density at radius 2 is 2.06 bits per heavy atom. The van der Waals surface area contributed by atoms with E-state index < -0.39 is 0 Å². The molecule has 0 aliphatic rings. The summed E-state index contributed by atoms with van der Waals surface area (Å²) in [7, 11) is 2.07. The van der Waals surface area contributed by atoms with Crippen molar-refractivity contribution >= 4 is 15.9 Å². The van der Waals surface area contributed by atoms with Gasteiger partial charge in [-0.1, -0.05) is 49.5 Å². The monoisotopic (exact) mass is 314 g/mol. The van der Waals surface area contributed by atoms with Gasteiger partial charge in [-0.25, -0.2) is 0 Å². The molecular formula is C15H27BrN2. The molecule has 18 heavy (non-hydrogen) atoms. The van der Waals surface area contributed by atoms with Crippen LogP contribution < -0.4 is 0 Å². The van der Waals surface area contributed by atoms with Crippen molar-refractivity contribution < 1.29 is 0 Å². The summed E-state index contributed by atoms with van der Waals surface area (Å²) in [6, 6.07) is 2.28. The molecule has 1 unspecified atom stereocenters. The van der Waals surface area contributed by atoms with E-state index in [1.165, 1.54) is 37.1 Å². The molecule has 3 heteroatoms. The lowest BCUT2D eigenvalue weighted by Crippen LogP contribution is -2.26. The second kappa shape index (κ2) is 7.32. The van der Waals surface area contributed by atoms with Gasteiger partial charge in [0.2, 0.25) is 0 Å². The maximum Gasteiger partial charge on any atom is 0.0624 e. The van der Waals surface area contributed by atoms with Gasteiger partial charge in [0, 0.05) is 18.1 Å². The number of aryl methyl sites for hydroxylation is 2. The molecule has 1 heterocycles. The smallest absolute Gasteiger partial charge is 0.0624 e. The molecule has 0 aliphatic heterocycles. The Kier molecular flexibility index (Phi) is 6.40. The number of hydrogen-bond donors (Lipinski definition) is 0. The highest BCUT2D eigenvalue weighted by molar-refractivity contribution is 9.09. The van der Waals surface area contributed by atoms with Crippen LogP contribution in [0.5, 0.6) is 0 Å². The van der Waals surface area contributed by atoms with Crippen LogP contribution in [-0.2, 0) is 19.9 Å². The Morgan fingerprint density at radius 1 is 1.33 bits per heavy atom. The van der Waals surface area contributed by atoms with Crippen molar-refractivity contribution in [1.82, 2.24) is 9.78 Å². The summed E-state index contributed by atoms with van der Waals surface area (Å²) in [6.07, 6.45) is 7.29. The van der Waals surface area contributed by atoms with E-state index in [-0.39, 0.29) is 0 Å². The Bertz CT molecular complexity index is 353. The maximum absolute atomic E-state index is 4.56. The van der Waals surface area contributed by atoms with Crippen LogP contribution in [0.4, 0.5) is 0 Å². The van der Waals surface area contributed by atoms with Crippen LogP contribution in [0.25, 0.3) is 0 Å². The van der Waals surface area contributed by atoms with Gasteiger partial charge in [-0.15, -0.1) is 0 Å². The summed E-state index contributed by atoms with van der Waals surface area (Å²) >= 11 is 3.74. The SMILES string of the molecule is CCCCC(CC)(CBr)Cc1cc(CC)nn1C. The van der Waals surface area contributed by atoms with Crippen molar-refractivity contribution in [3.05, 3.63) is 17.5 Å². The summed E-state index contributed by atoms with van der Waals surface area (Å²) < 4.78 is 2.07. The molecule has 0 saturated heterocycles. The highest BCUT2D eigenvalue weighted by Gasteiger charge is 2.28. The van der Waals surface area contributed by atoms with Crippen LogP contribution in [0.15, 0.2) is 6.07 Å². The predicted octanol–water partition coefficient (Wildman–Crippen LogP) is 4.51. The summed E-state index contributed by atoms with van der Waals surface area (Å²) in [5.74, 6) is 0. The molecule has 0 N–H and O–H groups in total. The Morgan fingerprint density at radius 3 is 2.50 bits per heavy atom. The molecule has 0 aromatic carbocycles. The first kappa shape index (κ1) is 15.7. The minimum Gasteiger partial charge on any atom is -0.272 e. The second-order valence-corrected chi connectivity index (χ2v) is 5.93. The van der Waals surface area contributed by atoms with Crippen LogP contribution in [0.3, 0.4) is 0 Å². The fourth-order valence-electron chi connectivity index (χ4n) is 2.44. The van der Waals surface area contributed by atoms with Crippen molar-refractivity contribution in [3.8, 4) is 0 Å². The Labute approximate surface area is 120 Å². The van der Waals surface area contributed by atoms with Gasteiger partial charge in [-0.2, -0.15) is 5.10 Å². The number of rotatable bonds is 8. The van der Waals surface area contributed by atoms with E-state index in [0.717, 1.165) is 18.2 Å². The van der Waals surface area contributed by atoms with Gasteiger partial charge < -0.3 is 0 Å². The van der Waals surface area contributed by atoms with E-state index in [1.54, 1.807) is 0 Å². The highest BCUT2D eigenvalue weighted by Crippen LogP contribution is 2.35. The molecule has 0 amide bonds. The van der Waals surface area contributed by atoms with Crippen molar-refractivity contribution in [2.45, 2.75) is 59.3 Å². The van der Waals surface area contributed by atoms with Crippen LogP contribution in [-0.4, -0.2) is 15.1 Å². The summed E-state index contributed by atoms with van der Waals surface area (Å²) in [6.45, 7) is 6.75. The average Bonchev–Trinajstić information content (AvgIpc) is 2.75. The zero-order chi connectivity index (χ0) is 13.6. The van der Waals surface area contributed by atoms with Gasteiger partial charge >= 0.3 is 0 Å². The number of halogens is 1. The van der Waals surface area contributed by atoms with E-state index in [2.05, 4.69) is 59.6 Å². The van der Waals surface area contributed by atoms with Gasteiger partial charge in [0.05, 0.1) is 5.69 Å². The third-order valence-corrected chi connectivity index (χ3v) is 5.23. The molecular weight excluding hydrogens is 288 g/mol. The van der Waals surface area contributed by atoms with Crippen LogP contribution in [0.1, 0.15) is 57.8 Å². The maximum atomic E-state index is 4.56. The van der Waals surface area contributed by atoms with Gasteiger partial charge in [-0.05, 0) is 37.2 Å². The van der Waals surface area contributed by atoms with E-state index in [0.29, 0.717) is 5.41 Å². The molecule has 0 bridgehead atoms. The van der Waals surface area contributed by atoms with Gasteiger partial charge in [0.15, 0.2) is 0 Å². The molecule has 1 rings (SSSR count). The van der Waals surface area contributed by atoms with E-state index in [1.807, 2.05) is 0 Å². The normalized spacial score (nSPS) is 14.7. The van der Waals surface area contributed by atoms with E-state index >= 15 is 0 Å². The molecule has 0 aliphatic carbocycles. The van der Waals surface area contributed by atoms with Gasteiger partial charge in [-0.3, -0.25) is 4.68 Å². The highest BCUT2D eigenvalue weighted by atomic mass is 79.9. The molecule has 1 atom stereocenters. The van der Waals surface area contributed by atoms with Crippen LogP contribution in [0.2, 0.25) is 0 Å². The minimum absolute atomic E-state index is 0.398. The number of nitrogens with zero attached hydrogens (tertiary/aromatic N) is 2. The lowest BCUT2D eigenvalue weighted by atomic mass is 9.78. The molecule has 1 aromatic rings. The summed E-state index contributed by atoms with van der Waals surface area (Å²) in [4.78, 5) is 0. The lowest BCUT2D eigenvalue weighted by molar-refractivity contribution is 0.277. The summed E-state index contributed by atoms with van der Waals surface area (Å²) in [5.41, 5.74) is 2.99. The molecule has 1 aromatic heterocycles. The van der Waals surface area contributed by atoms with Crippen LogP contribution >= 0.6 is 15.9 Å². The topological polar surface area (TPSA) is 17.8 Å². The van der Waals surface area contributed by atoms with Gasteiger partial charge in [0.25, 0.3) is 0 Å². The quantitative estimate of drug-likeness (QED) is 0.646. The first-order valence-electron chi connectivity index (χ1n) is 7.18. The van der Waals surface area contributed by atoms with Crippen LogP contribution in [0, 0.1) is 5.41 Å². The Balaban J connectivity index is 2.84. The molecule has 0 radical (unpaired) electrons. The van der Waals surface area contributed by atoms with Crippen molar-refractivity contribution in [1.29, 1.82) is 0 Å². The van der Waals surface area contributed by atoms with Crippen molar-refractivity contribution in [2.24, 2.45) is 12.5 Å². The number of unbranched alkanes of at least 4 members (excludes halogenated alkanes) is 1. The van der Waals surface area contributed by atoms with E-state index in [9.17, 15) is 0 Å². The molecule has 2 nitrogen and oxygen atoms in total. The second-order valence-electron chi connectivity index (χ2n) is 5.37. The molecule has 104 valence electrons. The van der Waals surface area contributed by atoms with Gasteiger partial charge in [0.1, 0.15) is 0 Å². The third kappa shape index (κ3) is 3.84. The largest absolute Gasteiger partial charge is 0.272 e. The number of alkyl halides is 1. The zero-order valence-corrected chi connectivity index (χ0v) is 13.9. The third-order valence-electron chi connectivity index (χ3n) is 4.04. The average molecular weight is 315 g/mol. The summed E-state index contributed by atoms with van der Waals surface area (Å²) in [5, 5.41) is 5.65. The number of hydrogen-bond acceptors (Lipinski definition) is 1. The fraction of sp³-hybridized carbons (Fsp3) is 0.800. The van der Waals surface area contributed by atoms with E-state index in [4.69, 9.17) is 0 Å². The molecule has 0 spiro atoms. The fourth-order valence-corrected chi connectivity index (χ4v) is 3.32.